The number of aliphatic imine (C=N–C) groups is 1. The van der Waals surface area contributed by atoms with Gasteiger partial charge in [0.2, 0.25) is 0 Å². The van der Waals surface area contributed by atoms with E-state index in [-0.39, 0.29) is 0 Å². The SMILES string of the molecule is CN=C(NCCCc1ccc(OC)c(OC)c1)NCC1CCCS1. The van der Waals surface area contributed by atoms with Crippen molar-refractivity contribution in [2.45, 2.75) is 30.9 Å². The Morgan fingerprint density at radius 2 is 2.08 bits per heavy atom. The minimum Gasteiger partial charge on any atom is -0.493 e. The van der Waals surface area contributed by atoms with Crippen LogP contribution in [-0.4, -0.2) is 51.3 Å². The summed E-state index contributed by atoms with van der Waals surface area (Å²) in [5.74, 6) is 3.75. The zero-order valence-electron chi connectivity index (χ0n) is 14.9. The van der Waals surface area contributed by atoms with Crippen LogP contribution in [-0.2, 0) is 6.42 Å². The molecule has 6 heteroatoms. The van der Waals surface area contributed by atoms with Gasteiger partial charge in [-0.05, 0) is 49.1 Å². The molecule has 0 aliphatic carbocycles. The summed E-state index contributed by atoms with van der Waals surface area (Å²) in [7, 11) is 5.15. The number of rotatable bonds is 8. The van der Waals surface area contributed by atoms with E-state index in [1.54, 1.807) is 14.2 Å². The quantitative estimate of drug-likeness (QED) is 0.428. The highest BCUT2D eigenvalue weighted by Gasteiger charge is 2.15. The molecule has 134 valence electrons. The number of aryl methyl sites for hydroxylation is 1. The summed E-state index contributed by atoms with van der Waals surface area (Å²) < 4.78 is 10.6. The van der Waals surface area contributed by atoms with E-state index < -0.39 is 0 Å². The third kappa shape index (κ3) is 5.82. The molecule has 0 aromatic heterocycles. The Morgan fingerprint density at radius 1 is 1.25 bits per heavy atom. The largest absolute Gasteiger partial charge is 0.493 e. The summed E-state index contributed by atoms with van der Waals surface area (Å²) >= 11 is 2.06. The molecule has 0 amide bonds. The first-order chi connectivity index (χ1) is 11.8. The molecule has 2 N–H and O–H groups in total. The summed E-state index contributed by atoms with van der Waals surface area (Å²) in [4.78, 5) is 4.29. The Morgan fingerprint density at radius 3 is 2.75 bits per heavy atom. The lowest BCUT2D eigenvalue weighted by atomic mass is 10.1. The molecular weight excluding hydrogens is 322 g/mol. The second kappa shape index (κ2) is 10.3. The number of hydrogen-bond acceptors (Lipinski definition) is 4. The van der Waals surface area contributed by atoms with Crippen LogP contribution in [0.3, 0.4) is 0 Å². The van der Waals surface area contributed by atoms with Gasteiger partial charge < -0.3 is 20.1 Å². The molecule has 24 heavy (non-hydrogen) atoms. The van der Waals surface area contributed by atoms with E-state index in [1.807, 2.05) is 19.2 Å². The number of nitrogens with one attached hydrogen (secondary N) is 2. The van der Waals surface area contributed by atoms with Crippen LogP contribution in [0.15, 0.2) is 23.2 Å². The van der Waals surface area contributed by atoms with Crippen LogP contribution in [0.2, 0.25) is 0 Å². The van der Waals surface area contributed by atoms with E-state index >= 15 is 0 Å². The van der Waals surface area contributed by atoms with Gasteiger partial charge in [-0.25, -0.2) is 0 Å². The van der Waals surface area contributed by atoms with Crippen molar-refractivity contribution in [2.24, 2.45) is 4.99 Å². The van der Waals surface area contributed by atoms with Gasteiger partial charge >= 0.3 is 0 Å². The smallest absolute Gasteiger partial charge is 0.191 e. The minimum atomic E-state index is 0.732. The third-order valence-corrected chi connectivity index (χ3v) is 5.53. The van der Waals surface area contributed by atoms with E-state index in [2.05, 4.69) is 33.5 Å². The highest BCUT2D eigenvalue weighted by molar-refractivity contribution is 8.00. The third-order valence-electron chi connectivity index (χ3n) is 4.13. The Balaban J connectivity index is 1.69. The highest BCUT2D eigenvalue weighted by Crippen LogP contribution is 2.28. The van der Waals surface area contributed by atoms with Gasteiger partial charge in [0.1, 0.15) is 0 Å². The van der Waals surface area contributed by atoms with Gasteiger partial charge in [-0.15, -0.1) is 0 Å². The molecule has 5 nitrogen and oxygen atoms in total. The summed E-state index contributed by atoms with van der Waals surface area (Å²) in [6.45, 7) is 1.89. The molecule has 0 spiro atoms. The van der Waals surface area contributed by atoms with Crippen LogP contribution >= 0.6 is 11.8 Å². The summed E-state index contributed by atoms with van der Waals surface area (Å²) in [5, 5.41) is 7.55. The first-order valence-electron chi connectivity index (χ1n) is 8.54. The van der Waals surface area contributed by atoms with Crippen LogP contribution in [0.4, 0.5) is 0 Å². The number of hydrogen-bond donors (Lipinski definition) is 2. The van der Waals surface area contributed by atoms with Crippen LogP contribution in [0.1, 0.15) is 24.8 Å². The van der Waals surface area contributed by atoms with Gasteiger partial charge in [0, 0.05) is 25.4 Å². The number of methoxy groups -OCH3 is 2. The second-order valence-corrected chi connectivity index (χ2v) is 7.22. The molecular formula is C18H29N3O2S. The fourth-order valence-corrected chi connectivity index (χ4v) is 3.97. The predicted octanol–water partition coefficient (Wildman–Crippen LogP) is 2.70. The lowest BCUT2D eigenvalue weighted by Gasteiger charge is -2.15. The molecule has 0 saturated carbocycles. The van der Waals surface area contributed by atoms with Crippen molar-refractivity contribution in [1.82, 2.24) is 10.6 Å². The number of thioether (sulfide) groups is 1. The topological polar surface area (TPSA) is 54.9 Å². The lowest BCUT2D eigenvalue weighted by Crippen LogP contribution is -2.40. The maximum atomic E-state index is 5.35. The van der Waals surface area contributed by atoms with Gasteiger partial charge in [0.15, 0.2) is 17.5 Å². The van der Waals surface area contributed by atoms with E-state index in [4.69, 9.17) is 9.47 Å². The van der Waals surface area contributed by atoms with E-state index in [0.717, 1.165) is 48.6 Å². The fraction of sp³-hybridized carbons (Fsp3) is 0.611. The van der Waals surface area contributed by atoms with Crippen molar-refractivity contribution < 1.29 is 9.47 Å². The summed E-state index contributed by atoms with van der Waals surface area (Å²) in [5.41, 5.74) is 1.25. The molecule has 1 aromatic carbocycles. The van der Waals surface area contributed by atoms with Crippen LogP contribution in [0.25, 0.3) is 0 Å². The average molecular weight is 352 g/mol. The molecule has 1 heterocycles. The highest BCUT2D eigenvalue weighted by atomic mass is 32.2. The van der Waals surface area contributed by atoms with Crippen LogP contribution in [0, 0.1) is 0 Å². The van der Waals surface area contributed by atoms with E-state index in [1.165, 1.54) is 24.2 Å². The van der Waals surface area contributed by atoms with Crippen molar-refractivity contribution in [1.29, 1.82) is 0 Å². The number of nitrogens with zero attached hydrogens (tertiary/aromatic N) is 1. The predicted molar refractivity (Wildman–Crippen MR) is 103 cm³/mol. The molecule has 1 aromatic rings. The number of ether oxygens (including phenoxy) is 2. The first-order valence-corrected chi connectivity index (χ1v) is 9.58. The summed E-state index contributed by atoms with van der Waals surface area (Å²) in [6, 6.07) is 6.09. The molecule has 2 rings (SSSR count). The monoisotopic (exact) mass is 351 g/mol. The van der Waals surface area contributed by atoms with E-state index in [9.17, 15) is 0 Å². The van der Waals surface area contributed by atoms with Crippen LogP contribution < -0.4 is 20.1 Å². The number of benzene rings is 1. The van der Waals surface area contributed by atoms with Crippen molar-refractivity contribution in [2.75, 3.05) is 40.1 Å². The molecule has 0 bridgehead atoms. The minimum absolute atomic E-state index is 0.732. The Kier molecular flexibility index (Phi) is 8.08. The molecule has 1 atom stereocenters. The van der Waals surface area contributed by atoms with E-state index in [0.29, 0.717) is 0 Å². The summed E-state index contributed by atoms with van der Waals surface area (Å²) in [6.07, 6.45) is 4.68. The zero-order valence-corrected chi connectivity index (χ0v) is 15.7. The average Bonchev–Trinajstić information content (AvgIpc) is 3.14. The number of guanidine groups is 1. The van der Waals surface area contributed by atoms with Crippen molar-refractivity contribution in [3.63, 3.8) is 0 Å². The lowest BCUT2D eigenvalue weighted by molar-refractivity contribution is 0.354. The van der Waals surface area contributed by atoms with Crippen LogP contribution in [0.5, 0.6) is 11.5 Å². The Hall–Kier alpha value is -1.56. The van der Waals surface area contributed by atoms with Crippen molar-refractivity contribution in [3.8, 4) is 11.5 Å². The van der Waals surface area contributed by atoms with Gasteiger partial charge in [-0.3, -0.25) is 4.99 Å². The molecule has 0 radical (unpaired) electrons. The second-order valence-electron chi connectivity index (χ2n) is 5.81. The Labute approximate surface area is 149 Å². The van der Waals surface area contributed by atoms with Crippen molar-refractivity contribution >= 4 is 17.7 Å². The zero-order chi connectivity index (χ0) is 17.2. The fourth-order valence-electron chi connectivity index (χ4n) is 2.77. The normalized spacial score (nSPS) is 17.6. The van der Waals surface area contributed by atoms with Gasteiger partial charge in [-0.2, -0.15) is 11.8 Å². The van der Waals surface area contributed by atoms with Gasteiger partial charge in [0.05, 0.1) is 14.2 Å². The molecule has 1 fully saturated rings. The van der Waals surface area contributed by atoms with Crippen molar-refractivity contribution in [3.05, 3.63) is 23.8 Å². The molecule has 1 unspecified atom stereocenters. The Bertz CT molecular complexity index is 531. The molecule has 1 saturated heterocycles. The van der Waals surface area contributed by atoms with Gasteiger partial charge in [-0.1, -0.05) is 6.07 Å². The standard InChI is InChI=1S/C18H29N3O2S/c1-19-18(21-13-15-7-5-11-24-15)20-10-4-6-14-8-9-16(22-2)17(12-14)23-3/h8-9,12,15H,4-7,10-11,13H2,1-3H3,(H2,19,20,21). The molecule has 1 aliphatic rings. The first kappa shape index (κ1) is 18.8. The maximum absolute atomic E-state index is 5.35. The van der Waals surface area contributed by atoms with Gasteiger partial charge in [0.25, 0.3) is 0 Å². The molecule has 1 aliphatic heterocycles. The maximum Gasteiger partial charge on any atom is 0.191 e.